The fraction of sp³-hybridized carbons (Fsp3) is 0.0909. The molecule has 2 aromatic rings. The van der Waals surface area contributed by atoms with Crippen LogP contribution in [0.15, 0.2) is 41.6 Å². The molecule has 1 aromatic heterocycles. The van der Waals surface area contributed by atoms with Crippen LogP contribution in [-0.2, 0) is 0 Å². The normalized spacial score (nSPS) is 11.9. The van der Waals surface area contributed by atoms with Crippen LogP contribution in [0.3, 0.4) is 0 Å². The maximum Gasteiger partial charge on any atom is 0.102 e. The van der Waals surface area contributed by atoms with Crippen molar-refractivity contribution in [1.29, 1.82) is 0 Å². The maximum absolute atomic E-state index is 8.61. The van der Waals surface area contributed by atoms with Gasteiger partial charge in [0.2, 0.25) is 0 Å². The minimum atomic E-state index is 0.524. The second kappa shape index (κ2) is 3.46. The van der Waals surface area contributed by atoms with Gasteiger partial charge in [-0.3, -0.25) is 0 Å². The molecule has 14 heavy (non-hydrogen) atoms. The summed E-state index contributed by atoms with van der Waals surface area (Å²) in [6, 6.07) is 11.6. The molecule has 0 aliphatic rings. The fourth-order valence-electron chi connectivity index (χ4n) is 1.32. The monoisotopic (exact) mass is 186 g/mol. The summed E-state index contributed by atoms with van der Waals surface area (Å²) in [7, 11) is 0. The number of rotatable bonds is 1. The molecule has 1 heterocycles. The number of fused-ring (bicyclic) bond motifs is 1. The molecule has 1 aromatic carbocycles. The van der Waals surface area contributed by atoms with Crippen LogP contribution >= 0.6 is 0 Å². The average Bonchev–Trinajstić information content (AvgIpc) is 2.27. The van der Waals surface area contributed by atoms with E-state index >= 15 is 0 Å². The Bertz CT molecular complexity index is 491. The van der Waals surface area contributed by atoms with Gasteiger partial charge in [0.05, 0.1) is 11.2 Å². The molecular weight excluding hydrogens is 176 g/mol. The van der Waals surface area contributed by atoms with Crippen molar-refractivity contribution < 1.29 is 5.21 Å². The first-order valence-corrected chi connectivity index (χ1v) is 4.36. The molecule has 0 spiro atoms. The van der Waals surface area contributed by atoms with E-state index in [9.17, 15) is 0 Å². The smallest absolute Gasteiger partial charge is 0.102 e. The highest BCUT2D eigenvalue weighted by molar-refractivity contribution is 5.98. The molecule has 0 unspecified atom stereocenters. The number of pyridine rings is 1. The lowest BCUT2D eigenvalue weighted by atomic mass is 10.2. The molecule has 3 nitrogen and oxygen atoms in total. The molecule has 70 valence electrons. The van der Waals surface area contributed by atoms with Crippen molar-refractivity contribution in [2.45, 2.75) is 6.92 Å². The second-order valence-electron chi connectivity index (χ2n) is 3.07. The number of para-hydroxylation sites is 1. The molecule has 0 bridgehead atoms. The van der Waals surface area contributed by atoms with Crippen LogP contribution in [-0.4, -0.2) is 15.9 Å². The van der Waals surface area contributed by atoms with Crippen LogP contribution in [0.1, 0.15) is 12.6 Å². The Morgan fingerprint density at radius 3 is 2.79 bits per heavy atom. The Balaban J connectivity index is 2.62. The van der Waals surface area contributed by atoms with Crippen molar-refractivity contribution in [3.63, 3.8) is 0 Å². The molecule has 3 heteroatoms. The summed E-state index contributed by atoms with van der Waals surface area (Å²) < 4.78 is 0. The number of hydrogen-bond acceptors (Lipinski definition) is 3. The molecule has 1 N–H and O–H groups in total. The zero-order chi connectivity index (χ0) is 9.97. The minimum absolute atomic E-state index is 0.524. The molecule has 0 aliphatic carbocycles. The van der Waals surface area contributed by atoms with E-state index in [1.807, 2.05) is 36.4 Å². The van der Waals surface area contributed by atoms with Gasteiger partial charge in [-0.2, -0.15) is 0 Å². The number of aromatic nitrogens is 1. The molecule has 0 fully saturated rings. The molecule has 2 rings (SSSR count). The summed E-state index contributed by atoms with van der Waals surface area (Å²) >= 11 is 0. The van der Waals surface area contributed by atoms with E-state index in [4.69, 9.17) is 5.21 Å². The van der Waals surface area contributed by atoms with Crippen molar-refractivity contribution in [2.24, 2.45) is 5.16 Å². The number of oxime groups is 1. The highest BCUT2D eigenvalue weighted by Crippen LogP contribution is 2.11. The van der Waals surface area contributed by atoms with Crippen molar-refractivity contribution >= 4 is 16.6 Å². The third-order valence-electron chi connectivity index (χ3n) is 2.12. The Hall–Kier alpha value is -1.90. The van der Waals surface area contributed by atoms with Gasteiger partial charge in [-0.05, 0) is 19.1 Å². The van der Waals surface area contributed by atoms with E-state index in [-0.39, 0.29) is 0 Å². The van der Waals surface area contributed by atoms with Gasteiger partial charge in [0.1, 0.15) is 5.71 Å². The van der Waals surface area contributed by atoms with Crippen LogP contribution in [0.5, 0.6) is 0 Å². The Morgan fingerprint density at radius 1 is 1.21 bits per heavy atom. The van der Waals surface area contributed by atoms with Gasteiger partial charge in [-0.1, -0.05) is 29.4 Å². The second-order valence-corrected chi connectivity index (χ2v) is 3.07. The van der Waals surface area contributed by atoms with Crippen LogP contribution in [0.4, 0.5) is 0 Å². The SMILES string of the molecule is CC(=NO)c1ccc2ccccc2n1. The van der Waals surface area contributed by atoms with Gasteiger partial charge in [0, 0.05) is 5.39 Å². The molecule has 0 atom stereocenters. The number of hydrogen-bond donors (Lipinski definition) is 1. The summed E-state index contributed by atoms with van der Waals surface area (Å²) in [5.41, 5.74) is 2.13. The van der Waals surface area contributed by atoms with Crippen molar-refractivity contribution in [2.75, 3.05) is 0 Å². The molecule has 0 radical (unpaired) electrons. The summed E-state index contributed by atoms with van der Waals surface area (Å²) in [4.78, 5) is 4.36. The van der Waals surface area contributed by atoms with Gasteiger partial charge in [0.25, 0.3) is 0 Å². The molecule has 0 amide bonds. The fourth-order valence-corrected chi connectivity index (χ4v) is 1.32. The van der Waals surface area contributed by atoms with Crippen molar-refractivity contribution in [3.05, 3.63) is 42.1 Å². The molecule has 0 saturated carbocycles. The Kier molecular flexibility index (Phi) is 2.14. The van der Waals surface area contributed by atoms with Crippen LogP contribution in [0.2, 0.25) is 0 Å². The van der Waals surface area contributed by atoms with Gasteiger partial charge in [-0.25, -0.2) is 4.98 Å². The van der Waals surface area contributed by atoms with Gasteiger partial charge in [0.15, 0.2) is 0 Å². The topological polar surface area (TPSA) is 45.5 Å². The predicted molar refractivity (Wildman–Crippen MR) is 55.7 cm³/mol. The van der Waals surface area contributed by atoms with Crippen LogP contribution in [0, 0.1) is 0 Å². The minimum Gasteiger partial charge on any atom is -0.411 e. The van der Waals surface area contributed by atoms with E-state index in [0.29, 0.717) is 11.4 Å². The van der Waals surface area contributed by atoms with Gasteiger partial charge >= 0.3 is 0 Å². The van der Waals surface area contributed by atoms with Gasteiger partial charge < -0.3 is 5.21 Å². The zero-order valence-electron chi connectivity index (χ0n) is 7.81. The standard InChI is InChI=1S/C11H10N2O/c1-8(13-14)10-7-6-9-4-2-3-5-11(9)12-10/h2-7,14H,1H3. The zero-order valence-corrected chi connectivity index (χ0v) is 7.81. The maximum atomic E-state index is 8.61. The van der Waals surface area contributed by atoms with E-state index in [0.717, 1.165) is 10.9 Å². The Morgan fingerprint density at radius 2 is 2.00 bits per heavy atom. The van der Waals surface area contributed by atoms with Crippen molar-refractivity contribution in [1.82, 2.24) is 4.98 Å². The summed E-state index contributed by atoms with van der Waals surface area (Å²) in [5.74, 6) is 0. The third kappa shape index (κ3) is 1.44. The largest absolute Gasteiger partial charge is 0.411 e. The molecule has 0 saturated heterocycles. The highest BCUT2D eigenvalue weighted by Gasteiger charge is 2.00. The first kappa shape index (κ1) is 8.69. The quantitative estimate of drug-likeness (QED) is 0.422. The lowest BCUT2D eigenvalue weighted by molar-refractivity contribution is 0.319. The highest BCUT2D eigenvalue weighted by atomic mass is 16.4. The van der Waals surface area contributed by atoms with Gasteiger partial charge in [-0.15, -0.1) is 0 Å². The number of nitrogens with zero attached hydrogens (tertiary/aromatic N) is 2. The first-order chi connectivity index (χ1) is 6.81. The van der Waals surface area contributed by atoms with E-state index < -0.39 is 0 Å². The number of benzene rings is 1. The van der Waals surface area contributed by atoms with E-state index in [1.165, 1.54) is 0 Å². The molecular formula is C11H10N2O. The lowest BCUT2D eigenvalue weighted by Gasteiger charge is -2.00. The first-order valence-electron chi connectivity index (χ1n) is 4.36. The summed E-state index contributed by atoms with van der Waals surface area (Å²) in [5, 5.41) is 12.8. The summed E-state index contributed by atoms with van der Waals surface area (Å²) in [6.45, 7) is 1.72. The van der Waals surface area contributed by atoms with E-state index in [2.05, 4.69) is 10.1 Å². The van der Waals surface area contributed by atoms with Crippen LogP contribution in [0.25, 0.3) is 10.9 Å². The van der Waals surface area contributed by atoms with E-state index in [1.54, 1.807) is 6.92 Å². The summed E-state index contributed by atoms with van der Waals surface area (Å²) in [6.07, 6.45) is 0. The lowest BCUT2D eigenvalue weighted by Crippen LogP contribution is -1.97. The van der Waals surface area contributed by atoms with Crippen molar-refractivity contribution in [3.8, 4) is 0 Å². The predicted octanol–water partition coefficient (Wildman–Crippen LogP) is 2.43. The third-order valence-corrected chi connectivity index (χ3v) is 2.12. The average molecular weight is 186 g/mol. The Labute approximate surface area is 81.7 Å². The van der Waals surface area contributed by atoms with Crippen LogP contribution < -0.4 is 0 Å². The molecule has 0 aliphatic heterocycles.